The van der Waals surface area contributed by atoms with Gasteiger partial charge in [-0.2, -0.15) is 0 Å². The molecule has 0 radical (unpaired) electrons. The first-order valence-corrected chi connectivity index (χ1v) is 7.57. The molecule has 2 aromatic rings. The third-order valence-corrected chi connectivity index (χ3v) is 4.61. The highest BCUT2D eigenvalue weighted by Crippen LogP contribution is 2.43. The Kier molecular flexibility index (Phi) is 3.85. The van der Waals surface area contributed by atoms with E-state index in [-0.39, 0.29) is 4.92 Å². The lowest BCUT2D eigenvalue weighted by molar-refractivity contribution is -0.512. The molecular formula is C16H13ClN2O2S. The van der Waals surface area contributed by atoms with Gasteiger partial charge in [-0.1, -0.05) is 59.7 Å². The largest absolute Gasteiger partial charge is 0.315 e. The number of hydrogen-bond donors (Lipinski definition) is 0. The highest BCUT2D eigenvalue weighted by molar-refractivity contribution is 7.80. The lowest BCUT2D eigenvalue weighted by Crippen LogP contribution is -2.61. The van der Waals surface area contributed by atoms with Crippen molar-refractivity contribution in [2.45, 2.75) is 19.0 Å². The minimum absolute atomic E-state index is 0.318. The van der Waals surface area contributed by atoms with Gasteiger partial charge in [-0.05, 0) is 25.1 Å². The summed E-state index contributed by atoms with van der Waals surface area (Å²) in [5, 5.41) is 11.9. The molecule has 3 rings (SSSR count). The average Bonchev–Trinajstić information content (AvgIpc) is 2.47. The molecule has 1 fully saturated rings. The first-order chi connectivity index (χ1) is 10.5. The third kappa shape index (κ3) is 2.36. The van der Waals surface area contributed by atoms with Crippen molar-refractivity contribution in [2.75, 3.05) is 4.90 Å². The van der Waals surface area contributed by atoms with Crippen LogP contribution in [0.5, 0.6) is 0 Å². The Balaban J connectivity index is 2.05. The minimum atomic E-state index is -0.920. The third-order valence-electron chi connectivity index (χ3n) is 3.83. The van der Waals surface area contributed by atoms with Gasteiger partial charge in [0.05, 0.1) is 0 Å². The van der Waals surface area contributed by atoms with Gasteiger partial charge in [0.15, 0.2) is 4.99 Å². The van der Waals surface area contributed by atoms with E-state index in [0.717, 1.165) is 16.8 Å². The predicted octanol–water partition coefficient (Wildman–Crippen LogP) is 4.18. The van der Waals surface area contributed by atoms with Crippen molar-refractivity contribution in [2.24, 2.45) is 0 Å². The van der Waals surface area contributed by atoms with Gasteiger partial charge in [0.1, 0.15) is 6.04 Å². The number of anilines is 1. The first kappa shape index (κ1) is 14.9. The quantitative estimate of drug-likeness (QED) is 0.480. The number of benzene rings is 2. The monoisotopic (exact) mass is 332 g/mol. The van der Waals surface area contributed by atoms with E-state index < -0.39 is 12.1 Å². The Morgan fingerprint density at radius 1 is 1.18 bits per heavy atom. The van der Waals surface area contributed by atoms with E-state index in [1.165, 1.54) is 0 Å². The maximum atomic E-state index is 11.4. The van der Waals surface area contributed by atoms with E-state index in [9.17, 15) is 10.1 Å². The van der Waals surface area contributed by atoms with Gasteiger partial charge in [0.25, 0.3) is 6.04 Å². The van der Waals surface area contributed by atoms with Crippen molar-refractivity contribution in [3.63, 3.8) is 0 Å². The Morgan fingerprint density at radius 2 is 1.82 bits per heavy atom. The summed E-state index contributed by atoms with van der Waals surface area (Å²) >= 11 is 11.5. The van der Waals surface area contributed by atoms with E-state index in [4.69, 9.17) is 23.8 Å². The average molecular weight is 333 g/mol. The number of nitro groups is 1. The molecule has 22 heavy (non-hydrogen) atoms. The van der Waals surface area contributed by atoms with Crippen molar-refractivity contribution in [3.05, 3.63) is 74.8 Å². The molecule has 1 aliphatic rings. The molecule has 112 valence electrons. The topological polar surface area (TPSA) is 46.4 Å². The molecule has 0 spiro atoms. The summed E-state index contributed by atoms with van der Waals surface area (Å²) in [5.74, 6) is 0. The van der Waals surface area contributed by atoms with Crippen LogP contribution >= 0.6 is 23.8 Å². The fourth-order valence-corrected chi connectivity index (χ4v) is 3.38. The summed E-state index contributed by atoms with van der Waals surface area (Å²) in [6, 6.07) is 13.5. The van der Waals surface area contributed by atoms with Crippen LogP contribution in [0.4, 0.5) is 5.69 Å². The molecule has 2 atom stereocenters. The summed E-state index contributed by atoms with van der Waals surface area (Å²) in [4.78, 5) is 13.2. The molecule has 1 heterocycles. The van der Waals surface area contributed by atoms with Gasteiger partial charge in [0, 0.05) is 21.2 Å². The number of thiocarbonyl (C=S) groups is 1. The van der Waals surface area contributed by atoms with Gasteiger partial charge in [-0.3, -0.25) is 10.1 Å². The van der Waals surface area contributed by atoms with Crippen LogP contribution in [0.2, 0.25) is 5.02 Å². The Bertz CT molecular complexity index is 748. The molecule has 0 saturated carbocycles. The second-order valence-electron chi connectivity index (χ2n) is 5.24. The fraction of sp³-hybridized carbons (Fsp3) is 0.188. The molecule has 1 saturated heterocycles. The van der Waals surface area contributed by atoms with E-state index in [2.05, 4.69) is 0 Å². The Hall–Kier alpha value is -1.98. The highest BCUT2D eigenvalue weighted by atomic mass is 35.5. The van der Waals surface area contributed by atoms with Crippen molar-refractivity contribution in [3.8, 4) is 0 Å². The van der Waals surface area contributed by atoms with Gasteiger partial charge >= 0.3 is 0 Å². The van der Waals surface area contributed by atoms with Crippen molar-refractivity contribution < 1.29 is 4.92 Å². The smallest absolute Gasteiger partial charge is 0.287 e. The van der Waals surface area contributed by atoms with Gasteiger partial charge in [-0.25, -0.2) is 0 Å². The van der Waals surface area contributed by atoms with E-state index in [0.29, 0.717) is 10.0 Å². The normalized spacial score (nSPS) is 20.6. The van der Waals surface area contributed by atoms with Crippen LogP contribution < -0.4 is 4.90 Å². The zero-order chi connectivity index (χ0) is 15.9. The zero-order valence-corrected chi connectivity index (χ0v) is 13.3. The fourth-order valence-electron chi connectivity index (χ4n) is 2.70. The molecule has 0 N–H and O–H groups in total. The Morgan fingerprint density at radius 3 is 2.41 bits per heavy atom. The van der Waals surface area contributed by atoms with Crippen LogP contribution in [0.1, 0.15) is 17.2 Å². The molecule has 0 bridgehead atoms. The number of aryl methyl sites for hydroxylation is 1. The van der Waals surface area contributed by atoms with Gasteiger partial charge < -0.3 is 4.90 Å². The summed E-state index contributed by atoms with van der Waals surface area (Å²) in [6.45, 7) is 1.99. The Labute approximate surface area is 138 Å². The van der Waals surface area contributed by atoms with E-state index in [1.54, 1.807) is 12.1 Å². The van der Waals surface area contributed by atoms with Crippen LogP contribution in [-0.2, 0) is 0 Å². The molecular weight excluding hydrogens is 320 g/mol. The summed E-state index contributed by atoms with van der Waals surface area (Å²) in [5.41, 5.74) is 2.69. The van der Waals surface area contributed by atoms with Gasteiger partial charge in [0.2, 0.25) is 0 Å². The van der Waals surface area contributed by atoms with Crippen molar-refractivity contribution >= 4 is 34.5 Å². The first-order valence-electron chi connectivity index (χ1n) is 6.78. The summed E-state index contributed by atoms with van der Waals surface area (Å²) < 4.78 is 0. The molecule has 0 amide bonds. The number of halogens is 1. The molecule has 0 unspecified atom stereocenters. The molecule has 0 aliphatic carbocycles. The SMILES string of the molecule is Cc1ccc(N2C(=S)[C@H]([N+](=O)[O-])[C@@H]2c2ccccc2Cl)cc1. The van der Waals surface area contributed by atoms with E-state index >= 15 is 0 Å². The number of hydrogen-bond acceptors (Lipinski definition) is 3. The van der Waals surface area contributed by atoms with Crippen LogP contribution in [0.15, 0.2) is 48.5 Å². The molecule has 0 aromatic heterocycles. The van der Waals surface area contributed by atoms with Crippen molar-refractivity contribution in [1.82, 2.24) is 0 Å². The second-order valence-corrected chi connectivity index (χ2v) is 6.07. The molecule has 4 nitrogen and oxygen atoms in total. The van der Waals surface area contributed by atoms with Crippen LogP contribution in [0, 0.1) is 17.0 Å². The lowest BCUT2D eigenvalue weighted by atomic mass is 9.88. The second kappa shape index (κ2) is 5.66. The standard InChI is InChI=1S/C16H13ClN2O2S/c1-10-6-8-11(9-7-10)18-14(15(16(18)22)19(20)21)12-4-2-3-5-13(12)17/h2-9,14-15H,1H3/t14-,15+/m0/s1. The number of nitrogens with zero attached hydrogens (tertiary/aromatic N) is 2. The summed E-state index contributed by atoms with van der Waals surface area (Å²) in [7, 11) is 0. The minimum Gasteiger partial charge on any atom is -0.315 e. The van der Waals surface area contributed by atoms with Gasteiger partial charge in [-0.15, -0.1) is 0 Å². The maximum Gasteiger partial charge on any atom is 0.287 e. The molecule has 2 aromatic carbocycles. The highest BCUT2D eigenvalue weighted by Gasteiger charge is 2.54. The summed E-state index contributed by atoms with van der Waals surface area (Å²) in [6.07, 6.45) is 0. The van der Waals surface area contributed by atoms with E-state index in [1.807, 2.05) is 48.2 Å². The molecule has 6 heteroatoms. The predicted molar refractivity (Wildman–Crippen MR) is 91.2 cm³/mol. The van der Waals surface area contributed by atoms with Crippen LogP contribution in [-0.4, -0.2) is 16.0 Å². The maximum absolute atomic E-state index is 11.4. The van der Waals surface area contributed by atoms with Crippen LogP contribution in [0.3, 0.4) is 0 Å². The van der Waals surface area contributed by atoms with Crippen molar-refractivity contribution in [1.29, 1.82) is 0 Å². The lowest BCUT2D eigenvalue weighted by Gasteiger charge is -2.44. The number of rotatable bonds is 3. The van der Waals surface area contributed by atoms with Crippen LogP contribution in [0.25, 0.3) is 0 Å². The zero-order valence-electron chi connectivity index (χ0n) is 11.8. The molecule has 1 aliphatic heterocycles.